The molecule has 0 aliphatic carbocycles. The topological polar surface area (TPSA) is 141 Å². The van der Waals surface area contributed by atoms with Crippen LogP contribution in [-0.4, -0.2) is 46.8 Å². The maximum absolute atomic E-state index is 13.5. The number of ether oxygens (including phenoxy) is 2. The minimum absolute atomic E-state index is 0.271. The largest absolute Gasteiger partial charge is 0.488 e. The van der Waals surface area contributed by atoms with E-state index in [1.54, 1.807) is 24.3 Å². The van der Waals surface area contributed by atoms with Crippen LogP contribution in [0.2, 0.25) is 0 Å². The van der Waals surface area contributed by atoms with E-state index in [4.69, 9.17) is 9.47 Å². The summed E-state index contributed by atoms with van der Waals surface area (Å²) < 4.78 is 13.4. The standard InChI is InChI=1S/C42H34B2N2O7/c1-3-25(37(4-2)43(48)49)23-45-29-15-17-31-26(21-29)13-19-35-39(31)52-40-32-18-16-30(46-24-28-9-5-8-12-38(28)44(50)51)22-27(32)14-20-36(40)42(35)34-11-7-6-10-33(34)41(47)53-42/h3-22,45-46,48-51H,1-2,23-24H2/b37-25-. The number of carbonyl (C=O) groups is 1. The third-order valence-electron chi connectivity index (χ3n) is 10.1. The smallest absolute Gasteiger partial charge is 0.455 e. The second-order valence-electron chi connectivity index (χ2n) is 13.0. The SMILES string of the molecule is C=C/C(CNc1ccc2c3c(ccc2c1)C1(OC(=O)c2ccccc21)c1ccc2cc(NCc4ccccc4B(O)O)ccc2c1O3)=C(\C=C)B(O)O. The van der Waals surface area contributed by atoms with Gasteiger partial charge in [-0.1, -0.05) is 79.9 Å². The van der Waals surface area contributed by atoms with E-state index in [-0.39, 0.29) is 12.0 Å². The van der Waals surface area contributed by atoms with Gasteiger partial charge < -0.3 is 40.2 Å². The highest BCUT2D eigenvalue weighted by atomic mass is 16.6. The zero-order chi connectivity index (χ0) is 36.9. The molecular formula is C42H34B2N2O7. The number of rotatable bonds is 10. The fraction of sp³-hybridized carbons (Fsp3) is 0.0714. The number of hydrogen-bond donors (Lipinski definition) is 6. The first-order valence-electron chi connectivity index (χ1n) is 17.1. The van der Waals surface area contributed by atoms with Crippen molar-refractivity contribution in [1.29, 1.82) is 0 Å². The maximum atomic E-state index is 13.5. The molecule has 0 fully saturated rings. The van der Waals surface area contributed by atoms with E-state index in [0.717, 1.165) is 44.0 Å². The Morgan fingerprint density at radius 1 is 0.717 bits per heavy atom. The minimum Gasteiger partial charge on any atom is -0.455 e. The van der Waals surface area contributed by atoms with Crippen molar-refractivity contribution in [3.63, 3.8) is 0 Å². The van der Waals surface area contributed by atoms with E-state index >= 15 is 0 Å². The van der Waals surface area contributed by atoms with Crippen LogP contribution in [0.4, 0.5) is 11.4 Å². The Kier molecular flexibility index (Phi) is 8.64. The predicted octanol–water partition coefficient (Wildman–Crippen LogP) is 5.95. The van der Waals surface area contributed by atoms with E-state index in [2.05, 4.69) is 23.8 Å². The third-order valence-corrected chi connectivity index (χ3v) is 10.1. The molecule has 0 bridgehead atoms. The van der Waals surface area contributed by atoms with Crippen molar-refractivity contribution in [2.75, 3.05) is 17.2 Å². The number of nitrogens with one attached hydrogen (secondary N) is 2. The maximum Gasteiger partial charge on any atom is 0.488 e. The summed E-state index contributed by atoms with van der Waals surface area (Å²) in [6.07, 6.45) is 2.97. The number of hydrogen-bond acceptors (Lipinski definition) is 9. The first kappa shape index (κ1) is 34.0. The second kappa shape index (κ2) is 13.5. The molecule has 0 saturated heterocycles. The number of anilines is 2. The Hall–Kier alpha value is -6.10. The summed E-state index contributed by atoms with van der Waals surface area (Å²) in [4.78, 5) is 13.5. The Balaban J connectivity index is 1.22. The highest BCUT2D eigenvalue weighted by molar-refractivity contribution is 6.59. The number of benzene rings is 6. The number of fused-ring (bicyclic) bond motifs is 10. The fourth-order valence-corrected chi connectivity index (χ4v) is 7.50. The lowest BCUT2D eigenvalue weighted by Crippen LogP contribution is -2.33. The van der Waals surface area contributed by atoms with Crippen LogP contribution in [0.3, 0.4) is 0 Å². The van der Waals surface area contributed by atoms with Gasteiger partial charge in [0.25, 0.3) is 0 Å². The summed E-state index contributed by atoms with van der Waals surface area (Å²) in [5, 5.41) is 49.3. The molecule has 1 unspecified atom stereocenters. The van der Waals surface area contributed by atoms with E-state index < -0.39 is 25.8 Å². The zero-order valence-electron chi connectivity index (χ0n) is 28.5. The lowest BCUT2D eigenvalue weighted by Gasteiger charge is -2.37. The van der Waals surface area contributed by atoms with Crippen molar-refractivity contribution in [3.8, 4) is 11.5 Å². The van der Waals surface area contributed by atoms with Crippen molar-refractivity contribution in [2.24, 2.45) is 0 Å². The molecule has 2 aliphatic heterocycles. The summed E-state index contributed by atoms with van der Waals surface area (Å²) in [7, 11) is -3.24. The highest BCUT2D eigenvalue weighted by Crippen LogP contribution is 2.59. The molecule has 11 heteroatoms. The van der Waals surface area contributed by atoms with Gasteiger partial charge in [0.1, 0.15) is 11.5 Å². The summed E-state index contributed by atoms with van der Waals surface area (Å²) in [5.41, 5.74) is 5.11. The minimum atomic E-state index is -1.67. The Labute approximate surface area is 306 Å². The van der Waals surface area contributed by atoms with Gasteiger partial charge in [-0.15, -0.1) is 0 Å². The number of allylic oxidation sites excluding steroid dienone is 2. The van der Waals surface area contributed by atoms with Gasteiger partial charge in [-0.3, -0.25) is 0 Å². The van der Waals surface area contributed by atoms with Crippen LogP contribution in [-0.2, 0) is 16.9 Å². The van der Waals surface area contributed by atoms with Crippen molar-refractivity contribution < 1.29 is 34.4 Å². The number of esters is 1. The average Bonchev–Trinajstić information content (AvgIpc) is 3.47. The fourth-order valence-electron chi connectivity index (χ4n) is 7.50. The molecule has 6 aromatic rings. The van der Waals surface area contributed by atoms with Crippen LogP contribution in [0.15, 0.2) is 146 Å². The molecule has 53 heavy (non-hydrogen) atoms. The molecule has 6 N–H and O–H groups in total. The van der Waals surface area contributed by atoms with Crippen LogP contribution < -0.4 is 20.8 Å². The van der Waals surface area contributed by atoms with E-state index in [0.29, 0.717) is 45.8 Å². The highest BCUT2D eigenvalue weighted by Gasteiger charge is 2.54. The van der Waals surface area contributed by atoms with E-state index in [1.165, 1.54) is 6.08 Å². The molecular weight excluding hydrogens is 666 g/mol. The first-order valence-corrected chi connectivity index (χ1v) is 17.1. The quantitative estimate of drug-likeness (QED) is 0.0582. The number of carbonyl (C=O) groups excluding carboxylic acids is 1. The van der Waals surface area contributed by atoms with Gasteiger partial charge in [0, 0.05) is 51.9 Å². The van der Waals surface area contributed by atoms with E-state index in [1.807, 2.05) is 91.0 Å². The molecule has 0 amide bonds. The third kappa shape index (κ3) is 5.67. The molecule has 6 aromatic carbocycles. The van der Waals surface area contributed by atoms with Crippen LogP contribution in [0.1, 0.15) is 32.6 Å². The van der Waals surface area contributed by atoms with Gasteiger partial charge in [-0.25, -0.2) is 4.79 Å². The average molecular weight is 700 g/mol. The van der Waals surface area contributed by atoms with Gasteiger partial charge in [-0.05, 0) is 87.4 Å². The Morgan fingerprint density at radius 2 is 1.34 bits per heavy atom. The normalized spacial score (nSPS) is 15.8. The zero-order valence-corrected chi connectivity index (χ0v) is 28.5. The van der Waals surface area contributed by atoms with Crippen LogP contribution in [0, 0.1) is 0 Å². The predicted molar refractivity (Wildman–Crippen MR) is 209 cm³/mol. The Morgan fingerprint density at radius 3 is 1.96 bits per heavy atom. The molecule has 8 rings (SSSR count). The molecule has 1 spiro atoms. The van der Waals surface area contributed by atoms with Crippen molar-refractivity contribution in [1.82, 2.24) is 0 Å². The van der Waals surface area contributed by atoms with Gasteiger partial charge in [0.2, 0.25) is 0 Å². The molecule has 260 valence electrons. The van der Waals surface area contributed by atoms with Gasteiger partial charge >= 0.3 is 20.2 Å². The van der Waals surface area contributed by atoms with Crippen molar-refractivity contribution >= 4 is 58.6 Å². The molecule has 0 aromatic heterocycles. The molecule has 2 aliphatic rings. The Bertz CT molecular complexity index is 2510. The van der Waals surface area contributed by atoms with Crippen LogP contribution >= 0.6 is 0 Å². The van der Waals surface area contributed by atoms with Gasteiger partial charge in [-0.2, -0.15) is 0 Å². The lowest BCUT2D eigenvalue weighted by molar-refractivity contribution is 0.0226. The van der Waals surface area contributed by atoms with Crippen LogP contribution in [0.5, 0.6) is 11.5 Å². The molecule has 1 atom stereocenters. The molecule has 0 radical (unpaired) electrons. The molecule has 2 heterocycles. The first-order chi connectivity index (χ1) is 25.7. The van der Waals surface area contributed by atoms with Crippen LogP contribution in [0.25, 0.3) is 21.5 Å². The summed E-state index contributed by atoms with van der Waals surface area (Å²) >= 11 is 0. The lowest BCUT2D eigenvalue weighted by atomic mass is 9.76. The summed E-state index contributed by atoms with van der Waals surface area (Å²) in [6, 6.07) is 34.3. The van der Waals surface area contributed by atoms with Crippen molar-refractivity contribution in [2.45, 2.75) is 12.1 Å². The van der Waals surface area contributed by atoms with E-state index in [9.17, 15) is 24.9 Å². The summed E-state index contributed by atoms with van der Waals surface area (Å²) in [6.45, 7) is 8.18. The molecule has 0 saturated carbocycles. The van der Waals surface area contributed by atoms with Gasteiger partial charge in [0.05, 0.1) is 5.56 Å². The monoisotopic (exact) mass is 700 g/mol. The second-order valence-corrected chi connectivity index (χ2v) is 13.0. The van der Waals surface area contributed by atoms with Gasteiger partial charge in [0.15, 0.2) is 5.60 Å². The molecule has 9 nitrogen and oxygen atoms in total. The van der Waals surface area contributed by atoms with Crippen molar-refractivity contribution in [3.05, 3.63) is 173 Å². The summed E-state index contributed by atoms with van der Waals surface area (Å²) in [5.74, 6) is 0.740.